The zero-order valence-corrected chi connectivity index (χ0v) is 11.3. The summed E-state index contributed by atoms with van der Waals surface area (Å²) in [5, 5.41) is 17.2. The van der Waals surface area contributed by atoms with Gasteiger partial charge in [-0.2, -0.15) is 5.10 Å². The summed E-state index contributed by atoms with van der Waals surface area (Å²) < 4.78 is 0. The molecule has 8 nitrogen and oxygen atoms in total. The molecule has 2 rings (SSSR count). The van der Waals surface area contributed by atoms with Gasteiger partial charge in [0.2, 0.25) is 0 Å². The number of pyridine rings is 1. The van der Waals surface area contributed by atoms with Gasteiger partial charge >= 0.3 is 5.97 Å². The lowest BCUT2D eigenvalue weighted by atomic mass is 10.1. The average Bonchev–Trinajstić information content (AvgIpc) is 2.43. The van der Waals surface area contributed by atoms with E-state index in [9.17, 15) is 14.4 Å². The van der Waals surface area contributed by atoms with Crippen molar-refractivity contribution < 1.29 is 14.7 Å². The molecule has 0 saturated carbocycles. The summed E-state index contributed by atoms with van der Waals surface area (Å²) in [7, 11) is 0. The van der Waals surface area contributed by atoms with Crippen LogP contribution in [0.25, 0.3) is 0 Å². The van der Waals surface area contributed by atoms with E-state index in [1.54, 1.807) is 13.8 Å². The molecule has 2 aromatic rings. The van der Waals surface area contributed by atoms with Gasteiger partial charge in [0.25, 0.3) is 11.5 Å². The van der Waals surface area contributed by atoms with Crippen LogP contribution in [0.2, 0.25) is 0 Å². The number of hydrogen-bond acceptors (Lipinski definition) is 5. The molecule has 3 N–H and O–H groups in total. The lowest BCUT2D eigenvalue weighted by Gasteiger charge is -2.07. The number of carbonyl (C=O) groups is 2. The fraction of sp³-hybridized carbons (Fsp3) is 0.154. The summed E-state index contributed by atoms with van der Waals surface area (Å²) in [4.78, 5) is 38.4. The molecule has 0 fully saturated rings. The first-order chi connectivity index (χ1) is 9.90. The number of amides is 1. The highest BCUT2D eigenvalue weighted by molar-refractivity contribution is 6.04. The zero-order valence-electron chi connectivity index (χ0n) is 11.3. The Balaban J connectivity index is 2.35. The molecule has 0 bridgehead atoms. The molecule has 0 radical (unpaired) electrons. The van der Waals surface area contributed by atoms with E-state index in [-0.39, 0.29) is 17.1 Å². The van der Waals surface area contributed by atoms with Gasteiger partial charge in [-0.1, -0.05) is 6.07 Å². The normalized spacial score (nSPS) is 10.2. The fourth-order valence-electron chi connectivity index (χ4n) is 1.70. The van der Waals surface area contributed by atoms with E-state index in [0.717, 1.165) is 0 Å². The molecule has 0 aliphatic carbocycles. The maximum absolute atomic E-state index is 12.1. The van der Waals surface area contributed by atoms with Crippen molar-refractivity contribution in [2.45, 2.75) is 13.8 Å². The van der Waals surface area contributed by atoms with E-state index in [4.69, 9.17) is 5.11 Å². The number of carboxylic acids is 1. The van der Waals surface area contributed by atoms with E-state index >= 15 is 0 Å². The van der Waals surface area contributed by atoms with Gasteiger partial charge in [0.05, 0.1) is 5.69 Å². The highest BCUT2D eigenvalue weighted by Gasteiger charge is 2.17. The van der Waals surface area contributed by atoms with Gasteiger partial charge in [0, 0.05) is 0 Å². The number of hydrogen-bond donors (Lipinski definition) is 3. The first-order valence-corrected chi connectivity index (χ1v) is 5.97. The molecule has 0 atom stereocenters. The third-order valence-electron chi connectivity index (χ3n) is 2.91. The Labute approximate surface area is 118 Å². The van der Waals surface area contributed by atoms with Gasteiger partial charge in [-0.15, -0.1) is 0 Å². The number of anilines is 1. The molecule has 21 heavy (non-hydrogen) atoms. The summed E-state index contributed by atoms with van der Waals surface area (Å²) in [5.74, 6) is -1.83. The van der Waals surface area contributed by atoms with Crippen molar-refractivity contribution >= 4 is 17.7 Å². The molecule has 0 aliphatic heterocycles. The van der Waals surface area contributed by atoms with Crippen LogP contribution in [0.4, 0.5) is 5.82 Å². The Kier molecular flexibility index (Phi) is 3.79. The number of nitrogens with zero attached hydrogens (tertiary/aromatic N) is 2. The molecule has 0 aliphatic rings. The highest BCUT2D eigenvalue weighted by Crippen LogP contribution is 2.09. The van der Waals surface area contributed by atoms with Crippen molar-refractivity contribution in [1.82, 2.24) is 15.2 Å². The molecule has 0 unspecified atom stereocenters. The van der Waals surface area contributed by atoms with Crippen LogP contribution in [-0.4, -0.2) is 32.2 Å². The van der Waals surface area contributed by atoms with Gasteiger partial charge in [0.15, 0.2) is 5.69 Å². The number of aromatic nitrogens is 3. The quantitative estimate of drug-likeness (QED) is 0.764. The van der Waals surface area contributed by atoms with Crippen molar-refractivity contribution in [2.24, 2.45) is 0 Å². The van der Waals surface area contributed by atoms with Crippen LogP contribution in [0.1, 0.15) is 32.1 Å². The first kappa shape index (κ1) is 14.4. The van der Waals surface area contributed by atoms with Crippen LogP contribution < -0.4 is 10.9 Å². The molecule has 108 valence electrons. The van der Waals surface area contributed by atoms with Crippen LogP contribution in [0.5, 0.6) is 0 Å². The molecular weight excluding hydrogens is 276 g/mol. The van der Waals surface area contributed by atoms with Gasteiger partial charge in [-0.25, -0.2) is 14.9 Å². The number of rotatable bonds is 3. The van der Waals surface area contributed by atoms with Crippen molar-refractivity contribution in [2.75, 3.05) is 5.32 Å². The van der Waals surface area contributed by atoms with Gasteiger partial charge in [-0.3, -0.25) is 9.59 Å². The van der Waals surface area contributed by atoms with Gasteiger partial charge < -0.3 is 10.4 Å². The Hall–Kier alpha value is -3.03. The topological polar surface area (TPSA) is 125 Å². The molecule has 2 aromatic heterocycles. The Morgan fingerprint density at radius 1 is 1.29 bits per heavy atom. The fourth-order valence-corrected chi connectivity index (χ4v) is 1.70. The maximum atomic E-state index is 12.1. The van der Waals surface area contributed by atoms with Gasteiger partial charge in [-0.05, 0) is 31.5 Å². The Morgan fingerprint density at radius 3 is 2.67 bits per heavy atom. The molecule has 0 saturated heterocycles. The maximum Gasteiger partial charge on any atom is 0.354 e. The number of carbonyl (C=O) groups excluding carboxylic acids is 1. The van der Waals surface area contributed by atoms with E-state index in [1.165, 1.54) is 18.2 Å². The van der Waals surface area contributed by atoms with E-state index in [1.807, 2.05) is 0 Å². The standard InChI is InChI=1S/C13H12N4O4/c1-6-7(2)16-17-12(19)10(6)11(18)15-9-5-3-4-8(14-9)13(20)21/h3-5H,1-2H3,(H,17,19)(H,20,21)(H,14,15,18). The monoisotopic (exact) mass is 288 g/mol. The van der Waals surface area contributed by atoms with E-state index < -0.39 is 17.4 Å². The van der Waals surface area contributed by atoms with Crippen LogP contribution >= 0.6 is 0 Å². The highest BCUT2D eigenvalue weighted by atomic mass is 16.4. The SMILES string of the molecule is Cc1n[nH]c(=O)c(C(=O)Nc2cccc(C(=O)O)n2)c1C. The molecule has 1 amide bonds. The van der Waals surface area contributed by atoms with Crippen molar-refractivity contribution in [1.29, 1.82) is 0 Å². The average molecular weight is 288 g/mol. The van der Waals surface area contributed by atoms with E-state index in [2.05, 4.69) is 20.5 Å². The summed E-state index contributed by atoms with van der Waals surface area (Å²) in [6, 6.07) is 4.18. The minimum absolute atomic E-state index is 0.0492. The second-order valence-corrected chi connectivity index (χ2v) is 4.31. The number of aryl methyl sites for hydroxylation is 1. The summed E-state index contributed by atoms with van der Waals surface area (Å²) in [6.45, 7) is 3.26. The third kappa shape index (κ3) is 2.94. The number of aromatic amines is 1. The van der Waals surface area contributed by atoms with Crippen LogP contribution in [-0.2, 0) is 0 Å². The molecule has 0 spiro atoms. The zero-order chi connectivity index (χ0) is 15.6. The number of aromatic carboxylic acids is 1. The second kappa shape index (κ2) is 5.53. The van der Waals surface area contributed by atoms with Crippen LogP contribution in [0, 0.1) is 13.8 Å². The lowest BCUT2D eigenvalue weighted by molar-refractivity contribution is 0.0690. The third-order valence-corrected chi connectivity index (χ3v) is 2.91. The van der Waals surface area contributed by atoms with Crippen LogP contribution in [0.15, 0.2) is 23.0 Å². The number of nitrogens with one attached hydrogen (secondary N) is 2. The Morgan fingerprint density at radius 2 is 2.00 bits per heavy atom. The van der Waals surface area contributed by atoms with Crippen molar-refractivity contribution in [3.05, 3.63) is 51.1 Å². The minimum Gasteiger partial charge on any atom is -0.477 e. The van der Waals surface area contributed by atoms with Crippen LogP contribution in [0.3, 0.4) is 0 Å². The number of H-pyrrole nitrogens is 1. The first-order valence-electron chi connectivity index (χ1n) is 5.97. The molecule has 8 heteroatoms. The minimum atomic E-state index is -1.21. The lowest BCUT2D eigenvalue weighted by Crippen LogP contribution is -2.27. The summed E-state index contributed by atoms with van der Waals surface area (Å²) >= 11 is 0. The van der Waals surface area contributed by atoms with E-state index in [0.29, 0.717) is 11.3 Å². The van der Waals surface area contributed by atoms with Crippen molar-refractivity contribution in [3.63, 3.8) is 0 Å². The van der Waals surface area contributed by atoms with Crippen molar-refractivity contribution in [3.8, 4) is 0 Å². The molecular formula is C13H12N4O4. The predicted molar refractivity (Wildman–Crippen MR) is 73.5 cm³/mol. The molecule has 0 aromatic carbocycles. The number of carboxylic acid groups (broad SMARTS) is 1. The second-order valence-electron chi connectivity index (χ2n) is 4.31. The Bertz CT molecular complexity index is 782. The summed E-state index contributed by atoms with van der Waals surface area (Å²) in [5.41, 5.74) is 0.0667. The summed E-state index contributed by atoms with van der Waals surface area (Å²) in [6.07, 6.45) is 0. The smallest absolute Gasteiger partial charge is 0.354 e. The van der Waals surface area contributed by atoms with Gasteiger partial charge in [0.1, 0.15) is 11.4 Å². The predicted octanol–water partition coefficient (Wildman–Crippen LogP) is 0.732. The largest absolute Gasteiger partial charge is 0.477 e. The molecule has 2 heterocycles.